The molecule has 0 amide bonds. The molecule has 1 atom stereocenters. The van der Waals surface area contributed by atoms with Crippen molar-refractivity contribution < 1.29 is 14.2 Å². The molecule has 2 heterocycles. The molecule has 0 radical (unpaired) electrons. The highest BCUT2D eigenvalue weighted by Gasteiger charge is 2.39. The van der Waals surface area contributed by atoms with Crippen LogP contribution in [0.25, 0.3) is 0 Å². The Morgan fingerprint density at radius 3 is 3.06 bits per heavy atom. The Morgan fingerprint density at radius 2 is 2.29 bits per heavy atom. The van der Waals surface area contributed by atoms with E-state index in [4.69, 9.17) is 14.2 Å². The van der Waals surface area contributed by atoms with Crippen molar-refractivity contribution in [2.75, 3.05) is 33.5 Å². The lowest BCUT2D eigenvalue weighted by Gasteiger charge is -2.42. The Hall–Kier alpha value is -1.26. The van der Waals surface area contributed by atoms with Gasteiger partial charge in [0.1, 0.15) is 11.5 Å². The average Bonchev–Trinajstić information content (AvgIpc) is 2.40. The van der Waals surface area contributed by atoms with Gasteiger partial charge >= 0.3 is 0 Å². The minimum Gasteiger partial charge on any atom is -0.497 e. The summed E-state index contributed by atoms with van der Waals surface area (Å²) in [5.41, 5.74) is 1.06. The van der Waals surface area contributed by atoms with E-state index in [0.717, 1.165) is 43.2 Å². The Morgan fingerprint density at radius 1 is 1.35 bits per heavy atom. The van der Waals surface area contributed by atoms with E-state index in [1.54, 1.807) is 7.11 Å². The molecule has 0 aromatic heterocycles. The normalized spacial score (nSPS) is 27.4. The second-order valence-corrected chi connectivity index (χ2v) is 4.52. The van der Waals surface area contributed by atoms with Gasteiger partial charge in [-0.25, -0.2) is 0 Å². The number of hydrogen-bond donors (Lipinski definition) is 1. The summed E-state index contributed by atoms with van der Waals surface area (Å²) in [6.45, 7) is 3.10. The summed E-state index contributed by atoms with van der Waals surface area (Å²) < 4.78 is 16.6. The second-order valence-electron chi connectivity index (χ2n) is 4.52. The first-order valence-corrected chi connectivity index (χ1v) is 5.98. The van der Waals surface area contributed by atoms with Crippen molar-refractivity contribution in [2.24, 2.45) is 0 Å². The highest BCUT2D eigenvalue weighted by Crippen LogP contribution is 2.40. The Balaban J connectivity index is 2.04. The van der Waals surface area contributed by atoms with Gasteiger partial charge in [-0.2, -0.15) is 0 Å². The minimum atomic E-state index is -0.0969. The van der Waals surface area contributed by atoms with Crippen molar-refractivity contribution in [3.8, 4) is 11.5 Å². The fraction of sp³-hybridized carbons (Fsp3) is 0.538. The molecular weight excluding hydrogens is 218 g/mol. The van der Waals surface area contributed by atoms with Gasteiger partial charge < -0.3 is 19.5 Å². The van der Waals surface area contributed by atoms with Gasteiger partial charge in [0.05, 0.1) is 32.5 Å². The van der Waals surface area contributed by atoms with Crippen LogP contribution in [0, 0.1) is 0 Å². The maximum atomic E-state index is 5.70. The van der Waals surface area contributed by atoms with Gasteiger partial charge in [-0.15, -0.1) is 0 Å². The molecule has 1 saturated heterocycles. The van der Waals surface area contributed by atoms with E-state index in [-0.39, 0.29) is 5.54 Å². The Labute approximate surface area is 101 Å². The monoisotopic (exact) mass is 235 g/mol. The van der Waals surface area contributed by atoms with Gasteiger partial charge in [-0.1, -0.05) is 0 Å². The molecule has 4 heteroatoms. The molecular formula is C13H17NO3. The fourth-order valence-corrected chi connectivity index (χ4v) is 2.60. The molecule has 1 aromatic carbocycles. The first-order valence-electron chi connectivity index (χ1n) is 5.98. The third-order valence-corrected chi connectivity index (χ3v) is 3.55. The van der Waals surface area contributed by atoms with Crippen molar-refractivity contribution >= 4 is 0 Å². The standard InChI is InChI=1S/C13H17NO3/c1-15-10-2-3-12-11(8-10)13(4-6-17-12)9-16-7-5-14-13/h2-3,8,14H,4-7,9H2,1H3/t13-/m0/s1. The van der Waals surface area contributed by atoms with Crippen LogP contribution in [-0.4, -0.2) is 33.5 Å². The highest BCUT2D eigenvalue weighted by molar-refractivity contribution is 5.46. The van der Waals surface area contributed by atoms with E-state index >= 15 is 0 Å². The molecule has 0 bridgehead atoms. The van der Waals surface area contributed by atoms with E-state index in [9.17, 15) is 0 Å². The zero-order valence-corrected chi connectivity index (χ0v) is 9.99. The molecule has 4 nitrogen and oxygen atoms in total. The Kier molecular flexibility index (Phi) is 2.68. The molecule has 17 heavy (non-hydrogen) atoms. The average molecular weight is 235 g/mol. The SMILES string of the molecule is COc1ccc2c(c1)[C@]1(CCO2)COCCN1. The predicted molar refractivity (Wildman–Crippen MR) is 63.6 cm³/mol. The molecule has 1 aromatic rings. The van der Waals surface area contributed by atoms with Crippen LogP contribution in [0.2, 0.25) is 0 Å². The predicted octanol–water partition coefficient (Wildman–Crippen LogP) is 1.29. The molecule has 2 aliphatic heterocycles. The van der Waals surface area contributed by atoms with Crippen LogP contribution in [-0.2, 0) is 10.3 Å². The summed E-state index contributed by atoms with van der Waals surface area (Å²) in [6, 6.07) is 5.96. The van der Waals surface area contributed by atoms with Crippen LogP contribution in [0.4, 0.5) is 0 Å². The smallest absolute Gasteiger partial charge is 0.124 e. The molecule has 1 spiro atoms. The van der Waals surface area contributed by atoms with E-state index in [2.05, 4.69) is 11.4 Å². The van der Waals surface area contributed by atoms with Crippen LogP contribution in [0.1, 0.15) is 12.0 Å². The number of hydrogen-bond acceptors (Lipinski definition) is 4. The zero-order chi connectivity index (χ0) is 11.7. The van der Waals surface area contributed by atoms with Crippen molar-refractivity contribution in [3.05, 3.63) is 23.8 Å². The van der Waals surface area contributed by atoms with E-state index in [1.165, 1.54) is 0 Å². The zero-order valence-electron chi connectivity index (χ0n) is 9.99. The fourth-order valence-electron chi connectivity index (χ4n) is 2.60. The molecule has 0 aliphatic carbocycles. The lowest BCUT2D eigenvalue weighted by Crippen LogP contribution is -2.54. The van der Waals surface area contributed by atoms with E-state index < -0.39 is 0 Å². The van der Waals surface area contributed by atoms with Crippen LogP contribution >= 0.6 is 0 Å². The maximum Gasteiger partial charge on any atom is 0.124 e. The maximum absolute atomic E-state index is 5.70. The minimum absolute atomic E-state index is 0.0969. The number of fused-ring (bicyclic) bond motifs is 2. The summed E-state index contributed by atoms with van der Waals surface area (Å²) in [7, 11) is 1.68. The van der Waals surface area contributed by atoms with Gasteiger partial charge in [0.2, 0.25) is 0 Å². The van der Waals surface area contributed by atoms with Crippen molar-refractivity contribution in [2.45, 2.75) is 12.0 Å². The van der Waals surface area contributed by atoms with Crippen molar-refractivity contribution in [1.29, 1.82) is 0 Å². The number of ether oxygens (including phenoxy) is 3. The molecule has 92 valence electrons. The van der Waals surface area contributed by atoms with Gasteiger partial charge in [-0.3, -0.25) is 0 Å². The van der Waals surface area contributed by atoms with Gasteiger partial charge in [-0.05, 0) is 18.2 Å². The van der Waals surface area contributed by atoms with Crippen LogP contribution in [0.15, 0.2) is 18.2 Å². The number of methoxy groups -OCH3 is 1. The molecule has 1 fully saturated rings. The van der Waals surface area contributed by atoms with Crippen LogP contribution in [0.3, 0.4) is 0 Å². The number of benzene rings is 1. The summed E-state index contributed by atoms with van der Waals surface area (Å²) in [5.74, 6) is 1.80. The molecule has 1 N–H and O–H groups in total. The number of rotatable bonds is 1. The Bertz CT molecular complexity index is 413. The van der Waals surface area contributed by atoms with Gasteiger partial charge in [0, 0.05) is 18.5 Å². The van der Waals surface area contributed by atoms with Crippen molar-refractivity contribution in [1.82, 2.24) is 5.32 Å². The summed E-state index contributed by atoms with van der Waals surface area (Å²) >= 11 is 0. The van der Waals surface area contributed by atoms with Gasteiger partial charge in [0.25, 0.3) is 0 Å². The summed E-state index contributed by atoms with van der Waals surface area (Å²) in [6.07, 6.45) is 0.938. The molecule has 0 saturated carbocycles. The molecule has 0 unspecified atom stereocenters. The topological polar surface area (TPSA) is 39.7 Å². The summed E-state index contributed by atoms with van der Waals surface area (Å²) in [5, 5.41) is 3.58. The van der Waals surface area contributed by atoms with Crippen LogP contribution in [0.5, 0.6) is 11.5 Å². The highest BCUT2D eigenvalue weighted by atomic mass is 16.5. The lowest BCUT2D eigenvalue weighted by molar-refractivity contribution is 0.00553. The first kappa shape index (κ1) is 10.9. The third kappa shape index (κ3) is 1.77. The first-order chi connectivity index (χ1) is 8.34. The van der Waals surface area contributed by atoms with Gasteiger partial charge in [0.15, 0.2) is 0 Å². The number of morpholine rings is 1. The van der Waals surface area contributed by atoms with Crippen LogP contribution < -0.4 is 14.8 Å². The van der Waals surface area contributed by atoms with Crippen molar-refractivity contribution in [3.63, 3.8) is 0 Å². The quantitative estimate of drug-likeness (QED) is 0.796. The van der Waals surface area contributed by atoms with E-state index in [0.29, 0.717) is 6.61 Å². The molecule has 3 rings (SSSR count). The second kappa shape index (κ2) is 4.20. The van der Waals surface area contributed by atoms with E-state index in [1.807, 2.05) is 12.1 Å². The summed E-state index contributed by atoms with van der Waals surface area (Å²) in [4.78, 5) is 0. The molecule has 2 aliphatic rings. The number of nitrogens with one attached hydrogen (secondary N) is 1. The largest absolute Gasteiger partial charge is 0.497 e. The third-order valence-electron chi connectivity index (χ3n) is 3.55. The lowest BCUT2D eigenvalue weighted by atomic mass is 9.84.